The summed E-state index contributed by atoms with van der Waals surface area (Å²) in [6.45, 7) is 8.71. The van der Waals surface area contributed by atoms with Gasteiger partial charge < -0.3 is 4.74 Å². The second-order valence-electron chi connectivity index (χ2n) is 3.35. The molecule has 6 heteroatoms. The Morgan fingerprint density at radius 2 is 1.94 bits per heavy atom. The summed E-state index contributed by atoms with van der Waals surface area (Å²) < 4.78 is 30.3. The zero-order chi connectivity index (χ0) is 14.3. The van der Waals surface area contributed by atoms with Crippen LogP contribution in [0.15, 0.2) is 0 Å². The monoisotopic (exact) mass is 262 g/mol. The number of hydrogen-bond donors (Lipinski definition) is 0. The standard InChI is InChI=1S/C10H14F2N2O2.C2H6/c1-4-16-10(15)9-6(2)7(3)14(13-9)5-8(11)12;1-2/h8H,4-5H2,1-3H3;1-2H3. The van der Waals surface area contributed by atoms with Crippen molar-refractivity contribution in [3.05, 3.63) is 17.0 Å². The van der Waals surface area contributed by atoms with Crippen LogP contribution in [0.4, 0.5) is 8.78 Å². The molecule has 0 spiro atoms. The van der Waals surface area contributed by atoms with Gasteiger partial charge in [-0.25, -0.2) is 13.6 Å². The number of rotatable bonds is 4. The van der Waals surface area contributed by atoms with Gasteiger partial charge in [0.2, 0.25) is 0 Å². The van der Waals surface area contributed by atoms with Gasteiger partial charge in [0.1, 0.15) is 6.54 Å². The summed E-state index contributed by atoms with van der Waals surface area (Å²) in [4.78, 5) is 11.4. The van der Waals surface area contributed by atoms with Crippen molar-refractivity contribution in [1.82, 2.24) is 9.78 Å². The first kappa shape index (κ1) is 16.5. The third-order valence-corrected chi connectivity index (χ3v) is 2.29. The number of halogens is 2. The zero-order valence-corrected chi connectivity index (χ0v) is 11.5. The van der Waals surface area contributed by atoms with Gasteiger partial charge >= 0.3 is 5.97 Å². The van der Waals surface area contributed by atoms with E-state index in [1.165, 1.54) is 0 Å². The molecule has 18 heavy (non-hydrogen) atoms. The molecule has 1 aromatic heterocycles. The first-order chi connectivity index (χ1) is 8.47. The number of esters is 1. The summed E-state index contributed by atoms with van der Waals surface area (Å²) in [7, 11) is 0. The summed E-state index contributed by atoms with van der Waals surface area (Å²) >= 11 is 0. The van der Waals surface area contributed by atoms with Crippen molar-refractivity contribution in [3.8, 4) is 0 Å². The second kappa shape index (κ2) is 7.79. The quantitative estimate of drug-likeness (QED) is 0.783. The molecule has 1 heterocycles. The maximum atomic E-state index is 12.2. The molecule has 0 atom stereocenters. The molecular weight excluding hydrogens is 242 g/mol. The minimum absolute atomic E-state index is 0.111. The number of nitrogens with zero attached hydrogens (tertiary/aromatic N) is 2. The van der Waals surface area contributed by atoms with Gasteiger partial charge in [0.15, 0.2) is 5.69 Å². The number of carbonyl (C=O) groups is 1. The third-order valence-electron chi connectivity index (χ3n) is 2.29. The molecule has 0 saturated heterocycles. The summed E-state index contributed by atoms with van der Waals surface area (Å²) in [5, 5.41) is 3.83. The Morgan fingerprint density at radius 3 is 2.39 bits per heavy atom. The van der Waals surface area contributed by atoms with Crippen molar-refractivity contribution in [2.45, 2.75) is 47.6 Å². The van der Waals surface area contributed by atoms with E-state index in [-0.39, 0.29) is 12.3 Å². The van der Waals surface area contributed by atoms with Gasteiger partial charge in [-0.05, 0) is 20.8 Å². The molecule has 0 radical (unpaired) electrons. The van der Waals surface area contributed by atoms with Crippen LogP contribution in [0.3, 0.4) is 0 Å². The van der Waals surface area contributed by atoms with Crippen molar-refractivity contribution in [1.29, 1.82) is 0 Å². The fraction of sp³-hybridized carbons (Fsp3) is 0.667. The lowest BCUT2D eigenvalue weighted by atomic mass is 10.2. The molecule has 0 aliphatic rings. The largest absolute Gasteiger partial charge is 0.461 e. The topological polar surface area (TPSA) is 44.1 Å². The van der Waals surface area contributed by atoms with E-state index in [0.29, 0.717) is 11.3 Å². The minimum atomic E-state index is -2.49. The van der Waals surface area contributed by atoms with Crippen LogP contribution in [0.1, 0.15) is 42.5 Å². The van der Waals surface area contributed by atoms with E-state index in [1.807, 2.05) is 13.8 Å². The van der Waals surface area contributed by atoms with Crippen LogP contribution in [0.5, 0.6) is 0 Å². The molecule has 1 aromatic rings. The van der Waals surface area contributed by atoms with Crippen molar-refractivity contribution >= 4 is 5.97 Å². The summed E-state index contributed by atoms with van der Waals surface area (Å²) in [6.07, 6.45) is -2.49. The van der Waals surface area contributed by atoms with E-state index in [9.17, 15) is 13.6 Å². The number of carbonyl (C=O) groups excluding carboxylic acids is 1. The van der Waals surface area contributed by atoms with Gasteiger partial charge in [0, 0.05) is 11.3 Å². The lowest BCUT2D eigenvalue weighted by molar-refractivity contribution is 0.0515. The molecule has 0 bridgehead atoms. The van der Waals surface area contributed by atoms with Crippen molar-refractivity contribution < 1.29 is 18.3 Å². The van der Waals surface area contributed by atoms with E-state index in [2.05, 4.69) is 5.10 Å². The van der Waals surface area contributed by atoms with Crippen molar-refractivity contribution in [3.63, 3.8) is 0 Å². The van der Waals surface area contributed by atoms with Gasteiger partial charge in [-0.15, -0.1) is 0 Å². The Morgan fingerprint density at radius 1 is 1.39 bits per heavy atom. The fourth-order valence-electron chi connectivity index (χ4n) is 1.34. The highest BCUT2D eigenvalue weighted by Crippen LogP contribution is 2.14. The third kappa shape index (κ3) is 4.09. The van der Waals surface area contributed by atoms with Crippen LogP contribution >= 0.6 is 0 Å². The molecule has 0 fully saturated rings. The Labute approximate surface area is 106 Å². The summed E-state index contributed by atoms with van der Waals surface area (Å²) in [6, 6.07) is 0. The molecule has 0 aromatic carbocycles. The number of aromatic nitrogens is 2. The Hall–Kier alpha value is -1.46. The maximum absolute atomic E-state index is 12.2. The normalized spacial score (nSPS) is 10.0. The molecule has 0 unspecified atom stereocenters. The average Bonchev–Trinajstić information content (AvgIpc) is 2.60. The maximum Gasteiger partial charge on any atom is 0.359 e. The average molecular weight is 262 g/mol. The predicted octanol–water partition coefficient (Wildman–Crippen LogP) is 2.97. The summed E-state index contributed by atoms with van der Waals surface area (Å²) in [5.74, 6) is -0.573. The lowest BCUT2D eigenvalue weighted by Gasteiger charge is -2.02. The first-order valence-electron chi connectivity index (χ1n) is 5.96. The number of ether oxygens (including phenoxy) is 1. The molecular formula is C12H20F2N2O2. The molecule has 104 valence electrons. The zero-order valence-electron chi connectivity index (χ0n) is 11.5. The van der Waals surface area contributed by atoms with Crippen LogP contribution in [0.2, 0.25) is 0 Å². The van der Waals surface area contributed by atoms with Crippen LogP contribution in [-0.4, -0.2) is 28.8 Å². The van der Waals surface area contributed by atoms with E-state index >= 15 is 0 Å². The smallest absolute Gasteiger partial charge is 0.359 e. The summed E-state index contributed by atoms with van der Waals surface area (Å²) in [5.41, 5.74) is 1.25. The van der Waals surface area contributed by atoms with E-state index in [0.717, 1.165) is 4.68 Å². The van der Waals surface area contributed by atoms with Gasteiger partial charge in [0.05, 0.1) is 6.61 Å². The van der Waals surface area contributed by atoms with Crippen LogP contribution in [-0.2, 0) is 11.3 Å². The molecule has 1 rings (SSSR count). The van der Waals surface area contributed by atoms with Crippen molar-refractivity contribution in [2.24, 2.45) is 0 Å². The van der Waals surface area contributed by atoms with E-state index < -0.39 is 18.9 Å². The van der Waals surface area contributed by atoms with Gasteiger partial charge in [-0.2, -0.15) is 5.10 Å². The molecule has 4 nitrogen and oxygen atoms in total. The van der Waals surface area contributed by atoms with Gasteiger partial charge in [0.25, 0.3) is 6.43 Å². The Kier molecular flexibility index (Phi) is 7.16. The van der Waals surface area contributed by atoms with E-state index in [4.69, 9.17) is 4.74 Å². The lowest BCUT2D eigenvalue weighted by Crippen LogP contribution is -2.11. The highest BCUT2D eigenvalue weighted by atomic mass is 19.3. The molecule has 0 N–H and O–H groups in total. The van der Waals surface area contributed by atoms with Crippen molar-refractivity contribution in [2.75, 3.05) is 6.61 Å². The van der Waals surface area contributed by atoms with Gasteiger partial charge in [-0.1, -0.05) is 13.8 Å². The number of hydrogen-bond acceptors (Lipinski definition) is 3. The fourth-order valence-corrected chi connectivity index (χ4v) is 1.34. The van der Waals surface area contributed by atoms with Gasteiger partial charge in [-0.3, -0.25) is 4.68 Å². The predicted molar refractivity (Wildman–Crippen MR) is 65.0 cm³/mol. The van der Waals surface area contributed by atoms with Crippen LogP contribution in [0, 0.1) is 13.8 Å². The second-order valence-corrected chi connectivity index (χ2v) is 3.35. The Bertz CT molecular complexity index is 390. The highest BCUT2D eigenvalue weighted by Gasteiger charge is 2.19. The highest BCUT2D eigenvalue weighted by molar-refractivity contribution is 5.89. The van der Waals surface area contributed by atoms with Crippen LogP contribution in [0.25, 0.3) is 0 Å². The van der Waals surface area contributed by atoms with E-state index in [1.54, 1.807) is 20.8 Å². The SMILES string of the molecule is CC.CCOC(=O)c1nn(CC(F)F)c(C)c1C. The molecule has 0 aliphatic heterocycles. The Balaban J connectivity index is 0.00000137. The first-order valence-corrected chi connectivity index (χ1v) is 5.96. The van der Waals surface area contributed by atoms with Crippen LogP contribution < -0.4 is 0 Å². The number of alkyl halides is 2. The molecule has 0 aliphatic carbocycles. The molecule has 0 saturated carbocycles. The minimum Gasteiger partial charge on any atom is -0.461 e. The molecule has 0 amide bonds.